The van der Waals surface area contributed by atoms with Crippen LogP contribution in [0.25, 0.3) is 17.7 Å². The van der Waals surface area contributed by atoms with Crippen molar-refractivity contribution in [3.63, 3.8) is 0 Å². The van der Waals surface area contributed by atoms with E-state index in [2.05, 4.69) is 80.6 Å². The number of fused-ring (bicyclic) bond motifs is 1. The Morgan fingerprint density at radius 2 is 1.75 bits per heavy atom. The van der Waals surface area contributed by atoms with Crippen LogP contribution in [-0.4, -0.2) is 0 Å². The van der Waals surface area contributed by atoms with Crippen LogP contribution in [0.15, 0.2) is 54.6 Å². The molecule has 0 saturated carbocycles. The van der Waals surface area contributed by atoms with Crippen molar-refractivity contribution >= 4 is 17.7 Å². The molecule has 0 amide bonds. The molecule has 100 valence electrons. The third-order valence-corrected chi connectivity index (χ3v) is 3.64. The van der Waals surface area contributed by atoms with E-state index in [1.807, 2.05) is 0 Å². The SMILES string of the molecule is CC(C)Cc1ccc2c(c1)C=CC2=Cc1ccccc1. The molecule has 0 heterocycles. The first-order valence-corrected chi connectivity index (χ1v) is 7.30. The van der Waals surface area contributed by atoms with Gasteiger partial charge in [-0.3, -0.25) is 0 Å². The van der Waals surface area contributed by atoms with Crippen LogP contribution in [0.2, 0.25) is 0 Å². The van der Waals surface area contributed by atoms with Gasteiger partial charge < -0.3 is 0 Å². The maximum atomic E-state index is 2.33. The van der Waals surface area contributed by atoms with Gasteiger partial charge in [-0.25, -0.2) is 0 Å². The fourth-order valence-electron chi connectivity index (χ4n) is 2.74. The average molecular weight is 260 g/mol. The normalized spacial score (nSPS) is 15.1. The highest BCUT2D eigenvalue weighted by atomic mass is 14.2. The molecule has 0 N–H and O–H groups in total. The van der Waals surface area contributed by atoms with Gasteiger partial charge in [-0.15, -0.1) is 0 Å². The van der Waals surface area contributed by atoms with Gasteiger partial charge >= 0.3 is 0 Å². The Balaban J connectivity index is 1.92. The van der Waals surface area contributed by atoms with Crippen molar-refractivity contribution in [1.29, 1.82) is 0 Å². The Kier molecular flexibility index (Phi) is 3.56. The Labute approximate surface area is 121 Å². The lowest BCUT2D eigenvalue weighted by atomic mass is 9.97. The van der Waals surface area contributed by atoms with Gasteiger partial charge in [-0.1, -0.05) is 74.5 Å². The Bertz CT molecular complexity index is 658. The average Bonchev–Trinajstić information content (AvgIpc) is 2.82. The molecule has 0 atom stereocenters. The van der Waals surface area contributed by atoms with Gasteiger partial charge in [-0.05, 0) is 46.2 Å². The van der Waals surface area contributed by atoms with Crippen LogP contribution in [0.3, 0.4) is 0 Å². The number of hydrogen-bond acceptors (Lipinski definition) is 0. The highest BCUT2D eigenvalue weighted by molar-refractivity contribution is 5.97. The van der Waals surface area contributed by atoms with Gasteiger partial charge in [0.25, 0.3) is 0 Å². The lowest BCUT2D eigenvalue weighted by Crippen LogP contribution is -1.94. The molecule has 0 nitrogen and oxygen atoms in total. The molecule has 1 aliphatic rings. The molecule has 1 aliphatic carbocycles. The molecule has 3 rings (SSSR count). The number of hydrogen-bond donors (Lipinski definition) is 0. The van der Waals surface area contributed by atoms with Crippen LogP contribution in [0, 0.1) is 5.92 Å². The fourth-order valence-corrected chi connectivity index (χ4v) is 2.74. The Morgan fingerprint density at radius 1 is 0.950 bits per heavy atom. The summed E-state index contributed by atoms with van der Waals surface area (Å²) in [4.78, 5) is 0. The van der Waals surface area contributed by atoms with E-state index in [0.717, 1.165) is 6.42 Å². The minimum absolute atomic E-state index is 0.706. The molecule has 0 radical (unpaired) electrons. The van der Waals surface area contributed by atoms with Crippen LogP contribution < -0.4 is 0 Å². The predicted octanol–water partition coefficient (Wildman–Crippen LogP) is 5.45. The van der Waals surface area contributed by atoms with E-state index >= 15 is 0 Å². The second kappa shape index (κ2) is 5.50. The van der Waals surface area contributed by atoms with Crippen LogP contribution in [0.4, 0.5) is 0 Å². The van der Waals surface area contributed by atoms with E-state index in [1.54, 1.807) is 0 Å². The van der Waals surface area contributed by atoms with Crippen LogP contribution in [0.1, 0.15) is 36.1 Å². The smallest absolute Gasteiger partial charge is 0.0111 e. The topological polar surface area (TPSA) is 0 Å². The molecule has 2 aromatic rings. The lowest BCUT2D eigenvalue weighted by molar-refractivity contribution is 0.647. The lowest BCUT2D eigenvalue weighted by Gasteiger charge is -2.08. The van der Waals surface area contributed by atoms with E-state index in [9.17, 15) is 0 Å². The molecule has 2 aromatic carbocycles. The third-order valence-electron chi connectivity index (χ3n) is 3.64. The maximum Gasteiger partial charge on any atom is -0.0111 e. The molecule has 0 fully saturated rings. The number of benzene rings is 2. The zero-order valence-electron chi connectivity index (χ0n) is 12.1. The second-order valence-electron chi connectivity index (χ2n) is 5.86. The van der Waals surface area contributed by atoms with E-state index in [4.69, 9.17) is 0 Å². The van der Waals surface area contributed by atoms with E-state index < -0.39 is 0 Å². The van der Waals surface area contributed by atoms with Crippen molar-refractivity contribution in [2.24, 2.45) is 5.92 Å². The molecule has 0 unspecified atom stereocenters. The van der Waals surface area contributed by atoms with Gasteiger partial charge in [0, 0.05) is 0 Å². The summed E-state index contributed by atoms with van der Waals surface area (Å²) < 4.78 is 0. The maximum absolute atomic E-state index is 2.33. The molecule has 0 spiro atoms. The summed E-state index contributed by atoms with van der Waals surface area (Å²) in [5.41, 5.74) is 6.70. The van der Waals surface area contributed by atoms with Crippen LogP contribution in [0.5, 0.6) is 0 Å². The van der Waals surface area contributed by atoms with Crippen LogP contribution >= 0.6 is 0 Å². The molecular formula is C20H20. The highest BCUT2D eigenvalue weighted by Crippen LogP contribution is 2.31. The van der Waals surface area contributed by atoms with E-state index in [-0.39, 0.29) is 0 Å². The van der Waals surface area contributed by atoms with Crippen molar-refractivity contribution in [3.8, 4) is 0 Å². The zero-order chi connectivity index (χ0) is 13.9. The van der Waals surface area contributed by atoms with Gasteiger partial charge in [0.15, 0.2) is 0 Å². The van der Waals surface area contributed by atoms with Crippen molar-refractivity contribution in [3.05, 3.63) is 76.9 Å². The van der Waals surface area contributed by atoms with Crippen molar-refractivity contribution < 1.29 is 0 Å². The molecule has 0 aromatic heterocycles. The highest BCUT2D eigenvalue weighted by Gasteiger charge is 2.11. The molecular weight excluding hydrogens is 240 g/mol. The minimum Gasteiger partial charge on any atom is -0.0625 e. The summed E-state index contributed by atoms with van der Waals surface area (Å²) in [5, 5.41) is 0. The number of allylic oxidation sites excluding steroid dienone is 2. The molecule has 0 bridgehead atoms. The third kappa shape index (κ3) is 2.75. The minimum atomic E-state index is 0.706. The first-order chi connectivity index (χ1) is 9.72. The first kappa shape index (κ1) is 12.9. The monoisotopic (exact) mass is 260 g/mol. The summed E-state index contributed by atoms with van der Waals surface area (Å²) in [6.45, 7) is 4.54. The van der Waals surface area contributed by atoms with E-state index in [0.29, 0.717) is 5.92 Å². The van der Waals surface area contributed by atoms with Gasteiger partial charge in [0.2, 0.25) is 0 Å². The molecule has 0 aliphatic heterocycles. The van der Waals surface area contributed by atoms with Crippen molar-refractivity contribution in [1.82, 2.24) is 0 Å². The summed E-state index contributed by atoms with van der Waals surface area (Å²) >= 11 is 0. The molecule has 20 heavy (non-hydrogen) atoms. The van der Waals surface area contributed by atoms with Gasteiger partial charge in [0.1, 0.15) is 0 Å². The van der Waals surface area contributed by atoms with Gasteiger partial charge in [-0.2, -0.15) is 0 Å². The Hall–Kier alpha value is -2.08. The standard InChI is InChI=1S/C20H20/c1-15(2)12-17-8-11-20-18(9-10-19(20)14-17)13-16-6-4-3-5-7-16/h3-11,13-15H,12H2,1-2H3. The van der Waals surface area contributed by atoms with Crippen molar-refractivity contribution in [2.45, 2.75) is 20.3 Å². The molecule has 0 saturated heterocycles. The van der Waals surface area contributed by atoms with E-state index in [1.165, 1.54) is 27.8 Å². The zero-order valence-corrected chi connectivity index (χ0v) is 12.1. The largest absolute Gasteiger partial charge is 0.0625 e. The first-order valence-electron chi connectivity index (χ1n) is 7.30. The Morgan fingerprint density at radius 3 is 2.50 bits per heavy atom. The number of rotatable bonds is 3. The molecule has 0 heteroatoms. The summed E-state index contributed by atoms with van der Waals surface area (Å²) in [5.74, 6) is 0.706. The predicted molar refractivity (Wildman–Crippen MR) is 88.3 cm³/mol. The van der Waals surface area contributed by atoms with Crippen LogP contribution in [-0.2, 0) is 6.42 Å². The summed E-state index contributed by atoms with van der Waals surface area (Å²) in [7, 11) is 0. The summed E-state index contributed by atoms with van der Waals surface area (Å²) in [6.07, 6.45) is 7.86. The quantitative estimate of drug-likeness (QED) is 0.688. The fraction of sp³-hybridized carbons (Fsp3) is 0.200. The van der Waals surface area contributed by atoms with Crippen molar-refractivity contribution in [2.75, 3.05) is 0 Å². The second-order valence-corrected chi connectivity index (χ2v) is 5.86. The summed E-state index contributed by atoms with van der Waals surface area (Å²) in [6, 6.07) is 17.4. The van der Waals surface area contributed by atoms with Gasteiger partial charge in [0.05, 0.1) is 0 Å².